The maximum absolute atomic E-state index is 3.47. The molecule has 20 heavy (non-hydrogen) atoms. The molecule has 2 heteroatoms. The third-order valence-electron chi connectivity index (χ3n) is 4.37. The van der Waals surface area contributed by atoms with E-state index in [1.54, 1.807) is 0 Å². The molecular weight excluding hydrogens is 244 g/mol. The van der Waals surface area contributed by atoms with E-state index in [0.717, 1.165) is 12.6 Å². The molecule has 1 aromatic carbocycles. The van der Waals surface area contributed by atoms with Crippen LogP contribution in [-0.2, 0) is 6.54 Å². The van der Waals surface area contributed by atoms with E-state index in [4.69, 9.17) is 0 Å². The molecule has 0 saturated carbocycles. The van der Waals surface area contributed by atoms with E-state index in [0.29, 0.717) is 5.92 Å². The molecule has 0 spiro atoms. The van der Waals surface area contributed by atoms with Crippen molar-refractivity contribution >= 4 is 0 Å². The summed E-state index contributed by atoms with van der Waals surface area (Å²) in [7, 11) is 0. The lowest BCUT2D eigenvalue weighted by Gasteiger charge is -2.34. The fraction of sp³-hybridized carbons (Fsp3) is 0.667. The van der Waals surface area contributed by atoms with Crippen molar-refractivity contribution in [2.45, 2.75) is 58.5 Å². The van der Waals surface area contributed by atoms with Gasteiger partial charge in [0.25, 0.3) is 0 Å². The van der Waals surface area contributed by atoms with Gasteiger partial charge in [0.15, 0.2) is 0 Å². The number of hydrogen-bond donors (Lipinski definition) is 1. The van der Waals surface area contributed by atoms with Crippen LogP contribution < -0.4 is 5.32 Å². The summed E-state index contributed by atoms with van der Waals surface area (Å²) >= 11 is 0. The van der Waals surface area contributed by atoms with E-state index in [-0.39, 0.29) is 0 Å². The molecular formula is C18H30N2. The zero-order valence-corrected chi connectivity index (χ0v) is 13.4. The lowest BCUT2D eigenvalue weighted by molar-refractivity contribution is 0.154. The third-order valence-corrected chi connectivity index (χ3v) is 4.37. The zero-order valence-electron chi connectivity index (χ0n) is 13.4. The Kier molecular flexibility index (Phi) is 6.06. The van der Waals surface area contributed by atoms with Crippen LogP contribution in [0.1, 0.15) is 57.1 Å². The molecule has 2 nitrogen and oxygen atoms in total. The monoisotopic (exact) mass is 274 g/mol. The Labute approximate surface area is 124 Å². The number of nitrogens with zero attached hydrogens (tertiary/aromatic N) is 1. The summed E-state index contributed by atoms with van der Waals surface area (Å²) in [5.41, 5.74) is 2.90. The molecule has 0 radical (unpaired) electrons. The molecule has 0 aliphatic carbocycles. The third kappa shape index (κ3) is 4.32. The van der Waals surface area contributed by atoms with Gasteiger partial charge in [-0.25, -0.2) is 0 Å². The molecule has 112 valence electrons. The van der Waals surface area contributed by atoms with Crippen LogP contribution in [0, 0.1) is 0 Å². The highest BCUT2D eigenvalue weighted by Crippen LogP contribution is 2.19. The first-order valence-electron chi connectivity index (χ1n) is 8.24. The van der Waals surface area contributed by atoms with Crippen LogP contribution in [0.2, 0.25) is 0 Å². The highest BCUT2D eigenvalue weighted by molar-refractivity contribution is 5.24. The van der Waals surface area contributed by atoms with Gasteiger partial charge in [0.2, 0.25) is 0 Å². The van der Waals surface area contributed by atoms with Gasteiger partial charge in [0.1, 0.15) is 0 Å². The molecule has 0 unspecified atom stereocenters. The maximum Gasteiger partial charge on any atom is 0.0236 e. The Morgan fingerprint density at radius 2 is 1.80 bits per heavy atom. The topological polar surface area (TPSA) is 15.3 Å². The maximum atomic E-state index is 3.47. The van der Waals surface area contributed by atoms with Crippen LogP contribution >= 0.6 is 0 Å². The number of piperidine rings is 1. The van der Waals surface area contributed by atoms with E-state index in [2.05, 4.69) is 55.3 Å². The van der Waals surface area contributed by atoms with E-state index in [9.17, 15) is 0 Å². The molecule has 1 aromatic rings. The van der Waals surface area contributed by atoms with Crippen molar-refractivity contribution in [2.24, 2.45) is 0 Å². The predicted octanol–water partition coefficient (Wildman–Crippen LogP) is 3.77. The largest absolute Gasteiger partial charge is 0.317 e. The lowest BCUT2D eigenvalue weighted by Crippen LogP contribution is -2.43. The Morgan fingerprint density at radius 3 is 2.35 bits per heavy atom. The van der Waals surface area contributed by atoms with E-state index < -0.39 is 0 Å². The van der Waals surface area contributed by atoms with E-state index in [1.807, 2.05) is 0 Å². The fourth-order valence-corrected chi connectivity index (χ4v) is 3.09. The van der Waals surface area contributed by atoms with Crippen LogP contribution in [0.5, 0.6) is 0 Å². The average molecular weight is 274 g/mol. The minimum atomic E-state index is 0.625. The van der Waals surface area contributed by atoms with Crippen LogP contribution in [0.4, 0.5) is 0 Å². The van der Waals surface area contributed by atoms with Gasteiger partial charge in [-0.2, -0.15) is 0 Å². The molecule has 0 amide bonds. The second kappa shape index (κ2) is 7.80. The van der Waals surface area contributed by atoms with Gasteiger partial charge in [-0.1, -0.05) is 45.0 Å². The average Bonchev–Trinajstić information content (AvgIpc) is 2.48. The van der Waals surface area contributed by atoms with Crippen molar-refractivity contribution in [1.29, 1.82) is 0 Å². The second-order valence-electron chi connectivity index (χ2n) is 6.35. The van der Waals surface area contributed by atoms with Crippen LogP contribution in [0.25, 0.3) is 0 Å². The number of rotatable bonds is 6. The lowest BCUT2D eigenvalue weighted by atomic mass is 10.0. The van der Waals surface area contributed by atoms with E-state index >= 15 is 0 Å². The highest BCUT2D eigenvalue weighted by atomic mass is 15.2. The zero-order chi connectivity index (χ0) is 14.4. The Morgan fingerprint density at radius 1 is 1.15 bits per heavy atom. The number of hydrogen-bond acceptors (Lipinski definition) is 2. The smallest absolute Gasteiger partial charge is 0.0236 e. The molecule has 1 aliphatic rings. The molecule has 0 aromatic heterocycles. The van der Waals surface area contributed by atoms with Crippen LogP contribution in [0.15, 0.2) is 24.3 Å². The minimum Gasteiger partial charge on any atom is -0.317 e. The first-order valence-corrected chi connectivity index (χ1v) is 8.24. The van der Waals surface area contributed by atoms with Crippen LogP contribution in [0.3, 0.4) is 0 Å². The van der Waals surface area contributed by atoms with Gasteiger partial charge < -0.3 is 5.32 Å². The van der Waals surface area contributed by atoms with Crippen molar-refractivity contribution < 1.29 is 0 Å². The molecule has 1 fully saturated rings. The Bertz CT molecular complexity index is 377. The quantitative estimate of drug-likeness (QED) is 0.849. The van der Waals surface area contributed by atoms with Gasteiger partial charge in [0, 0.05) is 12.6 Å². The number of nitrogens with one attached hydrogen (secondary N) is 1. The van der Waals surface area contributed by atoms with Crippen molar-refractivity contribution in [3.8, 4) is 0 Å². The summed E-state index contributed by atoms with van der Waals surface area (Å²) in [6.07, 6.45) is 3.84. The highest BCUT2D eigenvalue weighted by Gasteiger charge is 2.20. The van der Waals surface area contributed by atoms with Crippen molar-refractivity contribution in [2.75, 3.05) is 19.6 Å². The van der Waals surface area contributed by atoms with Crippen molar-refractivity contribution in [3.05, 3.63) is 35.4 Å². The SMILES string of the molecule is CCCN(Cc1ccc(C(C)C)cc1)C1CCNCC1. The van der Waals surface area contributed by atoms with Gasteiger partial charge in [-0.15, -0.1) is 0 Å². The summed E-state index contributed by atoms with van der Waals surface area (Å²) in [6, 6.07) is 10.00. The molecule has 1 N–H and O–H groups in total. The fourth-order valence-electron chi connectivity index (χ4n) is 3.09. The van der Waals surface area contributed by atoms with Gasteiger partial charge >= 0.3 is 0 Å². The van der Waals surface area contributed by atoms with Crippen molar-refractivity contribution in [1.82, 2.24) is 10.2 Å². The minimum absolute atomic E-state index is 0.625. The summed E-state index contributed by atoms with van der Waals surface area (Å²) < 4.78 is 0. The Hall–Kier alpha value is -0.860. The summed E-state index contributed by atoms with van der Waals surface area (Å²) in [4.78, 5) is 2.69. The molecule has 0 atom stereocenters. The standard InChI is InChI=1S/C18H30N2/c1-4-13-20(18-9-11-19-12-10-18)14-16-5-7-17(8-6-16)15(2)3/h5-8,15,18-19H,4,9-14H2,1-3H3. The molecule has 1 saturated heterocycles. The molecule has 0 bridgehead atoms. The first kappa shape index (κ1) is 15.5. The van der Waals surface area contributed by atoms with Crippen LogP contribution in [-0.4, -0.2) is 30.6 Å². The summed E-state index contributed by atoms with van der Waals surface area (Å²) in [6.45, 7) is 11.5. The number of benzene rings is 1. The van der Waals surface area contributed by atoms with E-state index in [1.165, 1.54) is 50.0 Å². The molecule has 2 rings (SSSR count). The first-order chi connectivity index (χ1) is 9.70. The van der Waals surface area contributed by atoms with Crippen molar-refractivity contribution in [3.63, 3.8) is 0 Å². The molecule has 1 heterocycles. The Balaban J connectivity index is 1.99. The summed E-state index contributed by atoms with van der Waals surface area (Å²) in [5.74, 6) is 0.625. The van der Waals surface area contributed by atoms with Gasteiger partial charge in [-0.3, -0.25) is 4.90 Å². The summed E-state index contributed by atoms with van der Waals surface area (Å²) in [5, 5.41) is 3.47. The second-order valence-corrected chi connectivity index (χ2v) is 6.35. The predicted molar refractivity (Wildman–Crippen MR) is 87.1 cm³/mol. The normalized spacial score (nSPS) is 17.1. The van der Waals surface area contributed by atoms with Gasteiger partial charge in [-0.05, 0) is 55.9 Å². The van der Waals surface area contributed by atoms with Gasteiger partial charge in [0.05, 0.1) is 0 Å². The molecule has 1 aliphatic heterocycles.